The van der Waals surface area contributed by atoms with Crippen molar-refractivity contribution in [3.05, 3.63) is 28.8 Å². The molecule has 2 aliphatic heterocycles. The molecule has 1 aromatic rings. The number of rotatable bonds is 5. The number of urea groups is 1. The number of hydrogen-bond donors (Lipinski definition) is 2. The highest BCUT2D eigenvalue weighted by Crippen LogP contribution is 2.40. The number of hydrogen-bond acceptors (Lipinski definition) is 5. The van der Waals surface area contributed by atoms with E-state index in [9.17, 15) is 14.7 Å². The maximum absolute atomic E-state index is 12.9. The van der Waals surface area contributed by atoms with Crippen molar-refractivity contribution >= 4 is 11.9 Å². The monoisotopic (exact) mass is 431 g/mol. The molecule has 1 aromatic carbocycles. The lowest BCUT2D eigenvalue weighted by Crippen LogP contribution is -2.46. The van der Waals surface area contributed by atoms with Gasteiger partial charge in [-0.2, -0.15) is 0 Å². The van der Waals surface area contributed by atoms with Crippen molar-refractivity contribution in [1.29, 1.82) is 0 Å². The molecule has 2 saturated heterocycles. The van der Waals surface area contributed by atoms with Gasteiger partial charge in [0.15, 0.2) is 0 Å². The zero-order chi connectivity index (χ0) is 23.0. The SMILES string of the molecule is CC(C)(C)c1cc(CCC2NC(=O)N(CN3CCOCC3)C2=O)cc(C(C)(C)C)c1O. The van der Waals surface area contributed by atoms with Crippen LogP contribution in [0.15, 0.2) is 12.1 Å². The molecule has 0 aliphatic carbocycles. The zero-order valence-corrected chi connectivity index (χ0v) is 19.7. The molecule has 1 unspecified atom stereocenters. The first kappa shape index (κ1) is 23.5. The number of nitrogens with zero attached hydrogens (tertiary/aromatic N) is 2. The molecule has 2 N–H and O–H groups in total. The molecule has 2 fully saturated rings. The van der Waals surface area contributed by atoms with Gasteiger partial charge in [0.1, 0.15) is 11.8 Å². The fraction of sp³-hybridized carbons (Fsp3) is 0.667. The summed E-state index contributed by atoms with van der Waals surface area (Å²) in [6, 6.07) is 3.24. The Hall–Kier alpha value is -2.12. The number of amides is 3. The molecule has 0 radical (unpaired) electrons. The van der Waals surface area contributed by atoms with Gasteiger partial charge >= 0.3 is 6.03 Å². The number of phenols is 1. The summed E-state index contributed by atoms with van der Waals surface area (Å²) in [7, 11) is 0. The molecule has 1 atom stereocenters. The normalized spacial score (nSPS) is 21.0. The second kappa shape index (κ2) is 8.79. The number of aryl methyl sites for hydroxylation is 1. The number of morpholine rings is 1. The number of nitrogens with one attached hydrogen (secondary N) is 1. The van der Waals surface area contributed by atoms with Gasteiger partial charge < -0.3 is 15.2 Å². The lowest BCUT2D eigenvalue weighted by atomic mass is 9.78. The Morgan fingerprint density at radius 3 is 2.10 bits per heavy atom. The van der Waals surface area contributed by atoms with E-state index in [1.807, 2.05) is 12.1 Å². The second-order valence-electron chi connectivity index (χ2n) is 10.7. The van der Waals surface area contributed by atoms with E-state index in [1.54, 1.807) is 0 Å². The lowest BCUT2D eigenvalue weighted by molar-refractivity contribution is -0.129. The van der Waals surface area contributed by atoms with Gasteiger partial charge in [-0.15, -0.1) is 0 Å². The third-order valence-electron chi connectivity index (χ3n) is 6.06. The van der Waals surface area contributed by atoms with Crippen molar-refractivity contribution in [2.75, 3.05) is 33.0 Å². The number of ether oxygens (including phenoxy) is 1. The first-order valence-electron chi connectivity index (χ1n) is 11.2. The van der Waals surface area contributed by atoms with Gasteiger partial charge in [0.05, 0.1) is 19.9 Å². The van der Waals surface area contributed by atoms with E-state index in [0.717, 1.165) is 29.8 Å². The van der Waals surface area contributed by atoms with Crippen molar-refractivity contribution < 1.29 is 19.4 Å². The number of phenolic OH excluding ortho intramolecular Hbond substituents is 1. The van der Waals surface area contributed by atoms with E-state index in [0.29, 0.717) is 38.5 Å². The Labute approximate surface area is 185 Å². The summed E-state index contributed by atoms with van der Waals surface area (Å²) in [5.41, 5.74) is 2.48. The van der Waals surface area contributed by atoms with Gasteiger partial charge in [-0.25, -0.2) is 9.69 Å². The average molecular weight is 432 g/mol. The molecule has 2 heterocycles. The van der Waals surface area contributed by atoms with Gasteiger partial charge in [0.2, 0.25) is 0 Å². The molecule has 0 bridgehead atoms. The van der Waals surface area contributed by atoms with Crippen LogP contribution >= 0.6 is 0 Å². The number of benzene rings is 1. The van der Waals surface area contributed by atoms with Crippen molar-refractivity contribution in [2.24, 2.45) is 0 Å². The highest BCUT2D eigenvalue weighted by Gasteiger charge is 2.38. The Bertz CT molecular complexity index is 797. The quantitative estimate of drug-likeness (QED) is 0.700. The van der Waals surface area contributed by atoms with Crippen LogP contribution in [0.3, 0.4) is 0 Å². The van der Waals surface area contributed by atoms with Crippen molar-refractivity contribution in [1.82, 2.24) is 15.1 Å². The van der Waals surface area contributed by atoms with Crippen LogP contribution in [0.4, 0.5) is 4.79 Å². The van der Waals surface area contributed by atoms with E-state index >= 15 is 0 Å². The van der Waals surface area contributed by atoms with Crippen LogP contribution in [0, 0.1) is 0 Å². The van der Waals surface area contributed by atoms with Gasteiger partial charge in [-0.05, 0) is 40.4 Å². The molecule has 7 nitrogen and oxygen atoms in total. The zero-order valence-electron chi connectivity index (χ0n) is 19.7. The van der Waals surface area contributed by atoms with Crippen LogP contribution < -0.4 is 5.32 Å². The maximum Gasteiger partial charge on any atom is 0.325 e. The summed E-state index contributed by atoms with van der Waals surface area (Å²) in [4.78, 5) is 28.6. The van der Waals surface area contributed by atoms with Crippen LogP contribution in [0.2, 0.25) is 0 Å². The van der Waals surface area contributed by atoms with Crippen molar-refractivity contribution in [2.45, 2.75) is 71.3 Å². The Balaban J connectivity index is 1.73. The van der Waals surface area contributed by atoms with E-state index in [1.165, 1.54) is 4.90 Å². The third kappa shape index (κ3) is 5.39. The third-order valence-corrected chi connectivity index (χ3v) is 6.06. The van der Waals surface area contributed by atoms with Crippen LogP contribution in [-0.4, -0.2) is 65.9 Å². The summed E-state index contributed by atoms with van der Waals surface area (Å²) in [6.07, 6.45) is 1.18. The standard InChI is InChI=1S/C24H37N3O4/c1-23(2,3)17-13-16(14-18(20(17)28)24(4,5)6)7-8-19-21(29)27(22(30)25-19)15-26-9-11-31-12-10-26/h13-14,19,28H,7-12,15H2,1-6H3,(H,25,30). The smallest absolute Gasteiger partial charge is 0.325 e. The molecule has 0 saturated carbocycles. The molecule has 3 rings (SSSR count). The summed E-state index contributed by atoms with van der Waals surface area (Å²) >= 11 is 0. The van der Waals surface area contributed by atoms with E-state index < -0.39 is 6.04 Å². The van der Waals surface area contributed by atoms with E-state index in [-0.39, 0.29) is 22.8 Å². The molecular formula is C24H37N3O4. The molecule has 0 aromatic heterocycles. The van der Waals surface area contributed by atoms with Crippen LogP contribution in [0.1, 0.15) is 64.7 Å². The average Bonchev–Trinajstić information content (AvgIpc) is 2.93. The first-order chi connectivity index (χ1) is 14.4. The maximum atomic E-state index is 12.9. The number of aromatic hydroxyl groups is 1. The summed E-state index contributed by atoms with van der Waals surface area (Å²) in [6.45, 7) is 15.5. The number of carbonyl (C=O) groups is 2. The Kier molecular flexibility index (Phi) is 6.67. The molecule has 2 aliphatic rings. The minimum absolute atomic E-state index is 0.164. The van der Waals surface area contributed by atoms with Crippen LogP contribution in [-0.2, 0) is 26.8 Å². The minimum Gasteiger partial charge on any atom is -0.507 e. The topological polar surface area (TPSA) is 82.1 Å². The van der Waals surface area contributed by atoms with Gasteiger partial charge in [0.25, 0.3) is 5.91 Å². The molecule has 3 amide bonds. The fourth-order valence-electron chi connectivity index (χ4n) is 4.14. The van der Waals surface area contributed by atoms with Gasteiger partial charge in [0, 0.05) is 13.1 Å². The number of imide groups is 1. The number of carbonyl (C=O) groups excluding carboxylic acids is 2. The summed E-state index contributed by atoms with van der Waals surface area (Å²) in [5, 5.41) is 13.7. The molecule has 31 heavy (non-hydrogen) atoms. The lowest BCUT2D eigenvalue weighted by Gasteiger charge is -2.29. The Morgan fingerprint density at radius 1 is 1.03 bits per heavy atom. The first-order valence-corrected chi connectivity index (χ1v) is 11.2. The molecule has 0 spiro atoms. The fourth-order valence-corrected chi connectivity index (χ4v) is 4.14. The van der Waals surface area contributed by atoms with Crippen LogP contribution in [0.5, 0.6) is 5.75 Å². The van der Waals surface area contributed by atoms with E-state index in [2.05, 4.69) is 51.8 Å². The molecule has 7 heteroatoms. The van der Waals surface area contributed by atoms with Crippen molar-refractivity contribution in [3.63, 3.8) is 0 Å². The molecule has 172 valence electrons. The highest BCUT2D eigenvalue weighted by molar-refractivity contribution is 6.04. The minimum atomic E-state index is -0.515. The Morgan fingerprint density at radius 2 is 1.58 bits per heavy atom. The second-order valence-corrected chi connectivity index (χ2v) is 10.7. The molecular weight excluding hydrogens is 394 g/mol. The predicted molar refractivity (Wildman–Crippen MR) is 120 cm³/mol. The van der Waals surface area contributed by atoms with Crippen molar-refractivity contribution in [3.8, 4) is 5.75 Å². The highest BCUT2D eigenvalue weighted by atomic mass is 16.5. The van der Waals surface area contributed by atoms with E-state index in [4.69, 9.17) is 4.74 Å². The van der Waals surface area contributed by atoms with Gasteiger partial charge in [-0.1, -0.05) is 53.7 Å². The van der Waals surface area contributed by atoms with Crippen LogP contribution in [0.25, 0.3) is 0 Å². The predicted octanol–water partition coefficient (Wildman–Crippen LogP) is 3.13. The summed E-state index contributed by atoms with van der Waals surface area (Å²) < 4.78 is 5.34. The summed E-state index contributed by atoms with van der Waals surface area (Å²) in [5.74, 6) is 0.188. The van der Waals surface area contributed by atoms with Gasteiger partial charge in [-0.3, -0.25) is 9.69 Å². The largest absolute Gasteiger partial charge is 0.507 e.